The second-order valence-corrected chi connectivity index (χ2v) is 8.02. The largest absolute Gasteiger partial charge is 0.300 e. The Balaban J connectivity index is 1.81. The lowest BCUT2D eigenvalue weighted by Gasteiger charge is -2.46. The van der Waals surface area contributed by atoms with Gasteiger partial charge >= 0.3 is 0 Å². The average Bonchev–Trinajstić information content (AvgIpc) is 2.45. The van der Waals surface area contributed by atoms with Gasteiger partial charge in [-0.25, -0.2) is 12.8 Å². The number of Topliss-reactive ketones (excluding diaryl/α,β-unsaturated/α-hetero) is 1. The van der Waals surface area contributed by atoms with Gasteiger partial charge in [-0.05, 0) is 36.5 Å². The first-order valence-corrected chi connectivity index (χ1v) is 8.51. The highest BCUT2D eigenvalue weighted by molar-refractivity contribution is 7.89. The van der Waals surface area contributed by atoms with Crippen LogP contribution < -0.4 is 0 Å². The summed E-state index contributed by atoms with van der Waals surface area (Å²) >= 11 is 0. The fourth-order valence-electron chi connectivity index (χ4n) is 3.26. The molecule has 116 valence electrons. The Bertz CT molecular complexity index is 764. The number of nitriles is 1. The van der Waals surface area contributed by atoms with Gasteiger partial charge in [0.1, 0.15) is 11.6 Å². The number of hydrogen-bond acceptors (Lipinski definition) is 4. The molecule has 2 fully saturated rings. The van der Waals surface area contributed by atoms with E-state index >= 15 is 0 Å². The van der Waals surface area contributed by atoms with E-state index in [0.717, 1.165) is 12.1 Å². The zero-order chi connectivity index (χ0) is 16.0. The fraction of sp³-hybridized carbons (Fsp3) is 0.467. The van der Waals surface area contributed by atoms with Crippen molar-refractivity contribution in [3.8, 4) is 6.07 Å². The molecule has 1 aliphatic carbocycles. The molecule has 0 radical (unpaired) electrons. The molecule has 1 spiro atoms. The standard InChI is InChI=1S/C15H15FN2O3S/c16-12-5-11(10-17)6-14(7-12)22(20,21)18-3-1-15(2-4-18)8-13(19)9-15/h5-7H,1-4,8-9H2. The summed E-state index contributed by atoms with van der Waals surface area (Å²) in [6.45, 7) is 0.655. The van der Waals surface area contributed by atoms with Gasteiger partial charge in [-0.15, -0.1) is 0 Å². The molecular weight excluding hydrogens is 307 g/mol. The quantitative estimate of drug-likeness (QED) is 0.832. The predicted octanol–water partition coefficient (Wildman–Crippen LogP) is 1.83. The Labute approximate surface area is 128 Å². The van der Waals surface area contributed by atoms with Gasteiger partial charge in [0, 0.05) is 25.9 Å². The highest BCUT2D eigenvalue weighted by Gasteiger charge is 2.46. The van der Waals surface area contributed by atoms with Crippen molar-refractivity contribution in [3.05, 3.63) is 29.6 Å². The fourth-order valence-corrected chi connectivity index (χ4v) is 4.76. The third-order valence-corrected chi connectivity index (χ3v) is 6.44. The molecular formula is C15H15FN2O3S. The van der Waals surface area contributed by atoms with Crippen LogP contribution in [-0.4, -0.2) is 31.6 Å². The molecule has 1 heterocycles. The highest BCUT2D eigenvalue weighted by Crippen LogP contribution is 2.47. The normalized spacial score (nSPS) is 21.4. The molecule has 2 aliphatic rings. The zero-order valence-electron chi connectivity index (χ0n) is 11.9. The minimum absolute atomic E-state index is 0.0170. The smallest absolute Gasteiger partial charge is 0.243 e. The lowest BCUT2D eigenvalue weighted by molar-refractivity contribution is -0.134. The summed E-state index contributed by atoms with van der Waals surface area (Å²) in [5.41, 5.74) is -0.0419. The number of nitrogens with zero attached hydrogens (tertiary/aromatic N) is 2. The van der Waals surface area contributed by atoms with E-state index in [0.29, 0.717) is 38.8 Å². The minimum Gasteiger partial charge on any atom is -0.300 e. The third-order valence-electron chi connectivity index (χ3n) is 4.57. The summed E-state index contributed by atoms with van der Waals surface area (Å²) in [4.78, 5) is 11.0. The number of halogens is 1. The molecule has 1 saturated heterocycles. The van der Waals surface area contributed by atoms with Gasteiger partial charge in [0.05, 0.1) is 16.5 Å². The van der Waals surface area contributed by atoms with E-state index in [9.17, 15) is 17.6 Å². The van der Waals surface area contributed by atoms with Crippen molar-refractivity contribution < 1.29 is 17.6 Å². The van der Waals surface area contributed by atoms with Crippen LogP contribution in [0.4, 0.5) is 4.39 Å². The summed E-state index contributed by atoms with van der Waals surface area (Å²) in [5.74, 6) is -0.504. The molecule has 22 heavy (non-hydrogen) atoms. The predicted molar refractivity (Wildman–Crippen MR) is 75.8 cm³/mol. The van der Waals surface area contributed by atoms with Crippen molar-refractivity contribution in [2.24, 2.45) is 5.41 Å². The molecule has 0 bridgehead atoms. The van der Waals surface area contributed by atoms with E-state index in [-0.39, 0.29) is 21.7 Å². The molecule has 1 aromatic carbocycles. The summed E-state index contributed by atoms with van der Waals surface area (Å²) in [5, 5.41) is 8.84. The van der Waals surface area contributed by atoms with E-state index in [1.807, 2.05) is 0 Å². The van der Waals surface area contributed by atoms with E-state index in [2.05, 4.69) is 0 Å². The molecule has 7 heteroatoms. The van der Waals surface area contributed by atoms with Crippen LogP contribution in [-0.2, 0) is 14.8 Å². The molecule has 0 atom stereocenters. The van der Waals surface area contributed by atoms with Gasteiger partial charge < -0.3 is 0 Å². The van der Waals surface area contributed by atoms with Crippen molar-refractivity contribution in [1.82, 2.24) is 4.31 Å². The Morgan fingerprint density at radius 3 is 2.36 bits per heavy atom. The Kier molecular flexibility index (Phi) is 3.54. The summed E-state index contributed by atoms with van der Waals surface area (Å²) < 4.78 is 39.9. The van der Waals surface area contributed by atoms with Gasteiger partial charge in [0.15, 0.2) is 0 Å². The van der Waals surface area contributed by atoms with Crippen LogP contribution in [0.2, 0.25) is 0 Å². The lowest BCUT2D eigenvalue weighted by Crippen LogP contribution is -2.48. The molecule has 3 rings (SSSR count). The van der Waals surface area contributed by atoms with Crippen LogP contribution >= 0.6 is 0 Å². The second kappa shape index (κ2) is 5.14. The molecule has 1 aromatic rings. The van der Waals surface area contributed by atoms with Gasteiger partial charge in [-0.3, -0.25) is 4.79 Å². The van der Waals surface area contributed by atoms with Crippen LogP contribution in [0, 0.1) is 22.6 Å². The number of carbonyl (C=O) groups is 1. The van der Waals surface area contributed by atoms with Gasteiger partial charge in [0.25, 0.3) is 0 Å². The Morgan fingerprint density at radius 1 is 1.18 bits per heavy atom. The highest BCUT2D eigenvalue weighted by atomic mass is 32.2. The summed E-state index contributed by atoms with van der Waals surface area (Å²) in [6, 6.07) is 4.89. The van der Waals surface area contributed by atoms with Gasteiger partial charge in [-0.1, -0.05) is 0 Å². The van der Waals surface area contributed by atoms with Crippen molar-refractivity contribution in [2.45, 2.75) is 30.6 Å². The molecule has 0 aromatic heterocycles. The zero-order valence-corrected chi connectivity index (χ0v) is 12.7. The lowest BCUT2D eigenvalue weighted by atomic mass is 9.63. The van der Waals surface area contributed by atoms with Crippen molar-refractivity contribution in [3.63, 3.8) is 0 Å². The average molecular weight is 322 g/mol. The maximum absolute atomic E-state index is 13.5. The number of ketones is 1. The molecule has 1 aliphatic heterocycles. The van der Waals surface area contributed by atoms with E-state index in [4.69, 9.17) is 5.26 Å². The molecule has 0 N–H and O–H groups in total. The Morgan fingerprint density at radius 2 is 1.82 bits per heavy atom. The number of piperidine rings is 1. The minimum atomic E-state index is -3.81. The van der Waals surface area contributed by atoms with E-state index in [1.165, 1.54) is 10.4 Å². The number of carbonyl (C=O) groups excluding carboxylic acids is 1. The summed E-state index contributed by atoms with van der Waals surface area (Å²) in [7, 11) is -3.81. The SMILES string of the molecule is N#Cc1cc(F)cc(S(=O)(=O)N2CCC3(CC2)CC(=O)C3)c1. The molecule has 0 unspecified atom stereocenters. The number of benzene rings is 1. The Hall–Kier alpha value is -1.78. The van der Waals surface area contributed by atoms with Crippen LogP contribution in [0.5, 0.6) is 0 Å². The monoisotopic (exact) mass is 322 g/mol. The maximum atomic E-state index is 13.5. The number of rotatable bonds is 2. The number of hydrogen-bond donors (Lipinski definition) is 0. The van der Waals surface area contributed by atoms with Crippen molar-refractivity contribution >= 4 is 15.8 Å². The van der Waals surface area contributed by atoms with Crippen molar-refractivity contribution in [2.75, 3.05) is 13.1 Å². The molecule has 5 nitrogen and oxygen atoms in total. The second-order valence-electron chi connectivity index (χ2n) is 6.08. The van der Waals surface area contributed by atoms with Crippen LogP contribution in [0.3, 0.4) is 0 Å². The summed E-state index contributed by atoms with van der Waals surface area (Å²) in [6.07, 6.45) is 2.38. The van der Waals surface area contributed by atoms with Crippen LogP contribution in [0.1, 0.15) is 31.2 Å². The van der Waals surface area contributed by atoms with Gasteiger partial charge in [-0.2, -0.15) is 9.57 Å². The molecule has 1 saturated carbocycles. The van der Waals surface area contributed by atoms with E-state index < -0.39 is 15.8 Å². The first kappa shape index (κ1) is 15.1. The van der Waals surface area contributed by atoms with Gasteiger partial charge in [0.2, 0.25) is 10.0 Å². The molecule has 0 amide bonds. The number of sulfonamides is 1. The van der Waals surface area contributed by atoms with Crippen molar-refractivity contribution in [1.29, 1.82) is 5.26 Å². The maximum Gasteiger partial charge on any atom is 0.243 e. The first-order valence-electron chi connectivity index (χ1n) is 7.07. The first-order chi connectivity index (χ1) is 10.3. The van der Waals surface area contributed by atoms with Crippen LogP contribution in [0.25, 0.3) is 0 Å². The van der Waals surface area contributed by atoms with Crippen LogP contribution in [0.15, 0.2) is 23.1 Å². The topological polar surface area (TPSA) is 78.2 Å². The third kappa shape index (κ3) is 2.53. The van der Waals surface area contributed by atoms with E-state index in [1.54, 1.807) is 6.07 Å².